The second-order valence-electron chi connectivity index (χ2n) is 3.44. The van der Waals surface area contributed by atoms with Crippen molar-refractivity contribution < 1.29 is 4.74 Å². The second-order valence-corrected chi connectivity index (χ2v) is 3.44. The lowest BCUT2D eigenvalue weighted by Crippen LogP contribution is -2.06. The summed E-state index contributed by atoms with van der Waals surface area (Å²) in [5.41, 5.74) is 7.92. The van der Waals surface area contributed by atoms with E-state index in [4.69, 9.17) is 10.5 Å². The molecule has 0 heterocycles. The molecule has 78 valence electrons. The average molecular weight is 193 g/mol. The second kappa shape index (κ2) is 5.66. The molecule has 0 fully saturated rings. The van der Waals surface area contributed by atoms with Crippen molar-refractivity contribution >= 4 is 0 Å². The predicted octanol–water partition coefficient (Wildman–Crippen LogP) is 2.29. The summed E-state index contributed by atoms with van der Waals surface area (Å²) < 4.78 is 5.64. The highest BCUT2D eigenvalue weighted by Gasteiger charge is 2.00. The van der Waals surface area contributed by atoms with Gasteiger partial charge in [-0.05, 0) is 43.5 Å². The van der Waals surface area contributed by atoms with Crippen molar-refractivity contribution in [3.8, 4) is 5.75 Å². The van der Waals surface area contributed by atoms with Crippen LogP contribution in [0.25, 0.3) is 0 Å². The van der Waals surface area contributed by atoms with Crippen molar-refractivity contribution in [1.82, 2.24) is 0 Å². The maximum absolute atomic E-state index is 5.64. The molecule has 0 aliphatic heterocycles. The van der Waals surface area contributed by atoms with E-state index in [-0.39, 0.29) is 0 Å². The molecule has 0 aliphatic rings. The van der Waals surface area contributed by atoms with Gasteiger partial charge in [-0.25, -0.2) is 0 Å². The van der Waals surface area contributed by atoms with Crippen LogP contribution in [0.15, 0.2) is 18.2 Å². The summed E-state index contributed by atoms with van der Waals surface area (Å²) in [5, 5.41) is 0. The van der Waals surface area contributed by atoms with Crippen molar-refractivity contribution in [2.24, 2.45) is 5.73 Å². The first-order valence-electron chi connectivity index (χ1n) is 5.20. The summed E-state index contributed by atoms with van der Waals surface area (Å²) in [4.78, 5) is 0. The first-order valence-corrected chi connectivity index (χ1v) is 5.20. The third-order valence-electron chi connectivity index (χ3n) is 2.27. The van der Waals surface area contributed by atoms with Gasteiger partial charge in [-0.3, -0.25) is 0 Å². The Bertz CT molecular complexity index is 284. The van der Waals surface area contributed by atoms with Crippen LogP contribution in [0, 0.1) is 6.92 Å². The van der Waals surface area contributed by atoms with Gasteiger partial charge in [0, 0.05) is 0 Å². The minimum Gasteiger partial charge on any atom is -0.493 e. The van der Waals surface area contributed by atoms with Crippen molar-refractivity contribution in [2.75, 3.05) is 13.2 Å². The summed E-state index contributed by atoms with van der Waals surface area (Å²) in [6.07, 6.45) is 1.96. The molecule has 0 atom stereocenters. The van der Waals surface area contributed by atoms with E-state index in [0.717, 1.165) is 18.6 Å². The first-order chi connectivity index (χ1) is 6.77. The fourth-order valence-corrected chi connectivity index (χ4v) is 1.29. The highest BCUT2D eigenvalue weighted by molar-refractivity contribution is 5.36. The van der Waals surface area contributed by atoms with Crippen LogP contribution in [-0.4, -0.2) is 13.2 Å². The van der Waals surface area contributed by atoms with E-state index in [2.05, 4.69) is 32.0 Å². The molecule has 14 heavy (non-hydrogen) atoms. The van der Waals surface area contributed by atoms with Gasteiger partial charge in [0.05, 0.1) is 6.61 Å². The van der Waals surface area contributed by atoms with Crippen LogP contribution < -0.4 is 10.5 Å². The Balaban J connectivity index is 2.64. The molecule has 2 N–H and O–H groups in total. The van der Waals surface area contributed by atoms with Gasteiger partial charge in [0.2, 0.25) is 0 Å². The third-order valence-corrected chi connectivity index (χ3v) is 2.27. The summed E-state index contributed by atoms with van der Waals surface area (Å²) in [6.45, 7) is 5.61. The molecule has 0 unspecified atom stereocenters. The van der Waals surface area contributed by atoms with Crippen LogP contribution in [0.2, 0.25) is 0 Å². The molecule has 0 bridgehead atoms. The lowest BCUT2D eigenvalue weighted by atomic mass is 10.1. The summed E-state index contributed by atoms with van der Waals surface area (Å²) >= 11 is 0. The Kier molecular flexibility index (Phi) is 4.47. The molecule has 0 aromatic heterocycles. The molecular formula is C12H19NO. The van der Waals surface area contributed by atoms with Crippen molar-refractivity contribution in [3.05, 3.63) is 29.3 Å². The fourth-order valence-electron chi connectivity index (χ4n) is 1.29. The summed E-state index contributed by atoms with van der Waals surface area (Å²) in [6, 6.07) is 6.37. The number of hydrogen-bond donors (Lipinski definition) is 1. The standard InChI is InChI=1S/C12H19NO/c1-3-11-6-5-10(2)12(9-11)14-8-4-7-13/h5-6,9H,3-4,7-8,13H2,1-2H3. The smallest absolute Gasteiger partial charge is 0.122 e. The maximum Gasteiger partial charge on any atom is 0.122 e. The van der Waals surface area contributed by atoms with Crippen molar-refractivity contribution in [3.63, 3.8) is 0 Å². The first kappa shape index (κ1) is 11.1. The minimum atomic E-state index is 0.687. The van der Waals surface area contributed by atoms with Crippen LogP contribution in [0.4, 0.5) is 0 Å². The third kappa shape index (κ3) is 3.04. The molecule has 1 aromatic carbocycles. The Hall–Kier alpha value is -1.02. The predicted molar refractivity (Wildman–Crippen MR) is 59.7 cm³/mol. The molecule has 0 amide bonds. The van der Waals surface area contributed by atoms with Gasteiger partial charge >= 0.3 is 0 Å². The van der Waals surface area contributed by atoms with E-state index in [1.807, 2.05) is 0 Å². The largest absolute Gasteiger partial charge is 0.493 e. The molecular weight excluding hydrogens is 174 g/mol. The molecule has 1 rings (SSSR count). The number of aryl methyl sites for hydroxylation is 2. The molecule has 0 saturated heterocycles. The van der Waals surface area contributed by atoms with Gasteiger partial charge in [0.1, 0.15) is 5.75 Å². The zero-order valence-electron chi connectivity index (χ0n) is 9.05. The Labute approximate surface area is 86.1 Å². The highest BCUT2D eigenvalue weighted by Crippen LogP contribution is 2.19. The SMILES string of the molecule is CCc1ccc(C)c(OCCCN)c1. The number of benzene rings is 1. The lowest BCUT2D eigenvalue weighted by Gasteiger charge is -2.09. The van der Waals surface area contributed by atoms with Gasteiger partial charge in [0.25, 0.3) is 0 Å². The van der Waals surface area contributed by atoms with Gasteiger partial charge in [-0.15, -0.1) is 0 Å². The Morgan fingerprint density at radius 1 is 1.36 bits per heavy atom. The van der Waals surface area contributed by atoms with E-state index >= 15 is 0 Å². The summed E-state index contributed by atoms with van der Waals surface area (Å²) in [5.74, 6) is 0.998. The molecule has 2 heteroatoms. The van der Waals surface area contributed by atoms with Crippen LogP contribution in [0.1, 0.15) is 24.5 Å². The number of nitrogens with two attached hydrogens (primary N) is 1. The fraction of sp³-hybridized carbons (Fsp3) is 0.500. The average Bonchev–Trinajstić information content (AvgIpc) is 2.21. The van der Waals surface area contributed by atoms with E-state index in [1.165, 1.54) is 11.1 Å². The van der Waals surface area contributed by atoms with Crippen LogP contribution in [-0.2, 0) is 6.42 Å². The molecule has 0 radical (unpaired) electrons. The number of rotatable bonds is 5. The lowest BCUT2D eigenvalue weighted by molar-refractivity contribution is 0.311. The summed E-state index contributed by atoms with van der Waals surface area (Å²) in [7, 11) is 0. The van der Waals surface area contributed by atoms with Crippen LogP contribution in [0.3, 0.4) is 0 Å². The zero-order chi connectivity index (χ0) is 10.4. The molecule has 1 aromatic rings. The van der Waals surface area contributed by atoms with Crippen LogP contribution in [0.5, 0.6) is 5.75 Å². The monoisotopic (exact) mass is 193 g/mol. The van der Waals surface area contributed by atoms with E-state index in [0.29, 0.717) is 13.2 Å². The Morgan fingerprint density at radius 3 is 2.79 bits per heavy atom. The molecule has 0 spiro atoms. The highest BCUT2D eigenvalue weighted by atomic mass is 16.5. The quantitative estimate of drug-likeness (QED) is 0.728. The number of hydrogen-bond acceptors (Lipinski definition) is 2. The van der Waals surface area contributed by atoms with Crippen molar-refractivity contribution in [1.29, 1.82) is 0 Å². The normalized spacial score (nSPS) is 10.2. The van der Waals surface area contributed by atoms with E-state index in [1.54, 1.807) is 0 Å². The van der Waals surface area contributed by atoms with Crippen LogP contribution >= 0.6 is 0 Å². The zero-order valence-corrected chi connectivity index (χ0v) is 9.05. The van der Waals surface area contributed by atoms with Gasteiger partial charge in [0.15, 0.2) is 0 Å². The van der Waals surface area contributed by atoms with Crippen molar-refractivity contribution in [2.45, 2.75) is 26.7 Å². The van der Waals surface area contributed by atoms with Gasteiger partial charge in [-0.1, -0.05) is 19.1 Å². The molecule has 0 aliphatic carbocycles. The molecule has 2 nitrogen and oxygen atoms in total. The molecule has 0 saturated carbocycles. The van der Waals surface area contributed by atoms with Gasteiger partial charge in [-0.2, -0.15) is 0 Å². The van der Waals surface area contributed by atoms with E-state index < -0.39 is 0 Å². The maximum atomic E-state index is 5.64. The van der Waals surface area contributed by atoms with Gasteiger partial charge < -0.3 is 10.5 Å². The topological polar surface area (TPSA) is 35.2 Å². The minimum absolute atomic E-state index is 0.687. The van der Waals surface area contributed by atoms with E-state index in [9.17, 15) is 0 Å². The number of ether oxygens (including phenoxy) is 1. The Morgan fingerprint density at radius 2 is 2.14 bits per heavy atom.